The normalized spacial score (nSPS) is 10.7. The number of hydrogen-bond donors (Lipinski definition) is 1. The fraction of sp³-hybridized carbons (Fsp3) is 0.235. The van der Waals surface area contributed by atoms with Crippen LogP contribution in [-0.4, -0.2) is 20.8 Å². The van der Waals surface area contributed by atoms with E-state index in [0.29, 0.717) is 11.4 Å². The first-order valence-corrected chi connectivity index (χ1v) is 7.46. The van der Waals surface area contributed by atoms with Gasteiger partial charge in [-0.2, -0.15) is 5.10 Å². The molecule has 2 heterocycles. The highest BCUT2D eigenvalue weighted by Crippen LogP contribution is 2.21. The minimum atomic E-state index is -0.314. The Bertz CT molecular complexity index is 831. The van der Waals surface area contributed by atoms with E-state index in [0.717, 1.165) is 23.4 Å². The van der Waals surface area contributed by atoms with Crippen LogP contribution in [0.5, 0.6) is 0 Å². The third kappa shape index (κ3) is 3.01. The van der Waals surface area contributed by atoms with Crippen molar-refractivity contribution in [3.63, 3.8) is 0 Å². The van der Waals surface area contributed by atoms with E-state index in [2.05, 4.69) is 15.6 Å². The molecule has 0 atom stereocenters. The van der Waals surface area contributed by atoms with Crippen LogP contribution < -0.4 is 5.32 Å². The SMILES string of the molecule is CCn1ncc(NC(=O)c2cc(-c3ccc(C)cc3)on2)c1C. The first kappa shape index (κ1) is 15.0. The quantitative estimate of drug-likeness (QED) is 0.801. The smallest absolute Gasteiger partial charge is 0.277 e. The van der Waals surface area contributed by atoms with Crippen LogP contribution >= 0.6 is 0 Å². The molecule has 0 spiro atoms. The summed E-state index contributed by atoms with van der Waals surface area (Å²) in [5.41, 5.74) is 3.87. The van der Waals surface area contributed by atoms with Crippen molar-refractivity contribution in [2.75, 3.05) is 5.32 Å². The molecule has 6 heteroatoms. The van der Waals surface area contributed by atoms with Crippen molar-refractivity contribution in [1.82, 2.24) is 14.9 Å². The number of hydrogen-bond acceptors (Lipinski definition) is 4. The van der Waals surface area contributed by atoms with Gasteiger partial charge in [-0.15, -0.1) is 0 Å². The third-order valence-electron chi connectivity index (χ3n) is 3.73. The zero-order valence-electron chi connectivity index (χ0n) is 13.3. The minimum absolute atomic E-state index is 0.240. The zero-order valence-corrected chi connectivity index (χ0v) is 13.3. The number of carbonyl (C=O) groups excluding carboxylic acids is 1. The molecule has 0 aliphatic heterocycles. The summed E-state index contributed by atoms with van der Waals surface area (Å²) in [6.07, 6.45) is 1.64. The summed E-state index contributed by atoms with van der Waals surface area (Å²) in [5, 5.41) is 10.9. The van der Waals surface area contributed by atoms with Crippen molar-refractivity contribution in [1.29, 1.82) is 0 Å². The number of rotatable bonds is 4. The van der Waals surface area contributed by atoms with Gasteiger partial charge in [0.1, 0.15) is 0 Å². The molecule has 0 aliphatic carbocycles. The van der Waals surface area contributed by atoms with Crippen molar-refractivity contribution < 1.29 is 9.32 Å². The van der Waals surface area contributed by atoms with Crippen molar-refractivity contribution in [3.8, 4) is 11.3 Å². The van der Waals surface area contributed by atoms with Crippen molar-refractivity contribution in [2.24, 2.45) is 0 Å². The summed E-state index contributed by atoms with van der Waals surface area (Å²) in [7, 11) is 0. The topological polar surface area (TPSA) is 73.0 Å². The van der Waals surface area contributed by atoms with E-state index in [1.807, 2.05) is 49.7 Å². The standard InChI is InChI=1S/C17H18N4O2/c1-4-21-12(3)15(10-18-21)19-17(22)14-9-16(23-20-14)13-7-5-11(2)6-8-13/h5-10H,4H2,1-3H3,(H,19,22). The Morgan fingerprint density at radius 2 is 2.00 bits per heavy atom. The number of benzene rings is 1. The molecular weight excluding hydrogens is 292 g/mol. The number of nitrogens with zero attached hydrogens (tertiary/aromatic N) is 3. The summed E-state index contributed by atoms with van der Waals surface area (Å²) in [5.74, 6) is 0.252. The second-order valence-corrected chi connectivity index (χ2v) is 5.36. The van der Waals surface area contributed by atoms with Gasteiger partial charge in [-0.25, -0.2) is 0 Å². The molecule has 0 aliphatic rings. The number of nitrogens with one attached hydrogen (secondary N) is 1. The van der Waals surface area contributed by atoms with Crippen LogP contribution in [-0.2, 0) is 6.54 Å². The van der Waals surface area contributed by atoms with Gasteiger partial charge in [0, 0.05) is 18.2 Å². The fourth-order valence-corrected chi connectivity index (χ4v) is 2.31. The molecule has 0 unspecified atom stereocenters. The van der Waals surface area contributed by atoms with Gasteiger partial charge >= 0.3 is 0 Å². The largest absolute Gasteiger partial charge is 0.355 e. The van der Waals surface area contributed by atoms with Gasteiger partial charge in [-0.05, 0) is 20.8 Å². The maximum atomic E-state index is 12.3. The number of anilines is 1. The van der Waals surface area contributed by atoms with E-state index < -0.39 is 0 Å². The number of carbonyl (C=O) groups is 1. The third-order valence-corrected chi connectivity index (χ3v) is 3.73. The highest BCUT2D eigenvalue weighted by molar-refractivity contribution is 6.03. The molecule has 118 valence electrons. The van der Waals surface area contributed by atoms with Crippen molar-refractivity contribution in [2.45, 2.75) is 27.3 Å². The molecule has 2 aromatic heterocycles. The van der Waals surface area contributed by atoms with Gasteiger partial charge in [-0.1, -0.05) is 35.0 Å². The Morgan fingerprint density at radius 1 is 1.26 bits per heavy atom. The van der Waals surface area contributed by atoms with Crippen LogP contribution in [0.1, 0.15) is 28.7 Å². The number of amides is 1. The van der Waals surface area contributed by atoms with Gasteiger partial charge in [0.05, 0.1) is 17.6 Å². The highest BCUT2D eigenvalue weighted by atomic mass is 16.5. The van der Waals surface area contributed by atoms with Gasteiger partial charge in [0.25, 0.3) is 5.91 Å². The van der Waals surface area contributed by atoms with Crippen LogP contribution in [0.2, 0.25) is 0 Å². The van der Waals surface area contributed by atoms with Crippen molar-refractivity contribution in [3.05, 3.63) is 53.5 Å². The van der Waals surface area contributed by atoms with E-state index in [9.17, 15) is 4.79 Å². The summed E-state index contributed by atoms with van der Waals surface area (Å²) in [6.45, 7) is 6.68. The number of aryl methyl sites for hydroxylation is 2. The molecule has 3 aromatic rings. The van der Waals surface area contributed by atoms with Gasteiger partial charge in [-0.3, -0.25) is 9.48 Å². The van der Waals surface area contributed by atoms with Crippen LogP contribution in [0.4, 0.5) is 5.69 Å². The monoisotopic (exact) mass is 310 g/mol. The maximum Gasteiger partial charge on any atom is 0.277 e. The lowest BCUT2D eigenvalue weighted by Gasteiger charge is -2.02. The predicted molar refractivity (Wildman–Crippen MR) is 87.3 cm³/mol. The lowest BCUT2D eigenvalue weighted by molar-refractivity contribution is 0.101. The summed E-state index contributed by atoms with van der Waals surface area (Å²) >= 11 is 0. The van der Waals surface area contributed by atoms with Crippen LogP contribution in [0, 0.1) is 13.8 Å². The van der Waals surface area contributed by atoms with Gasteiger partial charge in [0.2, 0.25) is 0 Å². The van der Waals surface area contributed by atoms with E-state index in [4.69, 9.17) is 4.52 Å². The van der Waals surface area contributed by atoms with Crippen molar-refractivity contribution >= 4 is 11.6 Å². The highest BCUT2D eigenvalue weighted by Gasteiger charge is 2.16. The molecule has 0 saturated carbocycles. The molecule has 23 heavy (non-hydrogen) atoms. The Balaban J connectivity index is 1.78. The maximum absolute atomic E-state index is 12.3. The Morgan fingerprint density at radius 3 is 2.65 bits per heavy atom. The summed E-state index contributed by atoms with van der Waals surface area (Å²) in [6, 6.07) is 9.49. The molecule has 1 aromatic carbocycles. The Hall–Kier alpha value is -2.89. The minimum Gasteiger partial charge on any atom is -0.355 e. The fourth-order valence-electron chi connectivity index (χ4n) is 2.31. The van der Waals surface area contributed by atoms with Crippen LogP contribution in [0.25, 0.3) is 11.3 Å². The van der Waals surface area contributed by atoms with E-state index in [-0.39, 0.29) is 11.6 Å². The molecule has 1 amide bonds. The average molecular weight is 310 g/mol. The molecule has 0 bridgehead atoms. The van der Waals surface area contributed by atoms with E-state index in [1.165, 1.54) is 0 Å². The second kappa shape index (κ2) is 6.08. The molecule has 3 rings (SSSR count). The predicted octanol–water partition coefficient (Wildman–Crippen LogP) is 3.43. The molecular formula is C17H18N4O2. The molecule has 1 N–H and O–H groups in total. The van der Waals surface area contributed by atoms with Crippen LogP contribution in [0.15, 0.2) is 41.1 Å². The second-order valence-electron chi connectivity index (χ2n) is 5.36. The first-order valence-electron chi connectivity index (χ1n) is 7.46. The molecule has 0 fully saturated rings. The Labute approximate surface area is 134 Å². The first-order chi connectivity index (χ1) is 11.1. The average Bonchev–Trinajstić information content (AvgIpc) is 3.16. The summed E-state index contributed by atoms with van der Waals surface area (Å²) < 4.78 is 7.09. The lowest BCUT2D eigenvalue weighted by atomic mass is 10.1. The molecule has 0 saturated heterocycles. The Kier molecular flexibility index (Phi) is 3.97. The van der Waals surface area contributed by atoms with E-state index >= 15 is 0 Å². The molecule has 6 nitrogen and oxygen atoms in total. The number of aromatic nitrogens is 3. The van der Waals surface area contributed by atoms with Gasteiger partial charge < -0.3 is 9.84 Å². The van der Waals surface area contributed by atoms with Crippen LogP contribution in [0.3, 0.4) is 0 Å². The lowest BCUT2D eigenvalue weighted by Crippen LogP contribution is -2.13. The van der Waals surface area contributed by atoms with E-state index in [1.54, 1.807) is 12.3 Å². The zero-order chi connectivity index (χ0) is 16.4. The molecule has 0 radical (unpaired) electrons. The van der Waals surface area contributed by atoms with Gasteiger partial charge in [0.15, 0.2) is 11.5 Å². The summed E-state index contributed by atoms with van der Waals surface area (Å²) in [4.78, 5) is 12.3.